The number of carbonyl (C=O) groups is 1. The minimum atomic E-state index is -1.46. The van der Waals surface area contributed by atoms with Crippen LogP contribution in [0.15, 0.2) is 42.5 Å². The molecule has 2 atom stereocenters. The zero-order valence-electron chi connectivity index (χ0n) is 15.5. The first-order valence-corrected chi connectivity index (χ1v) is 8.62. The highest BCUT2D eigenvalue weighted by atomic mass is 19.1. The van der Waals surface area contributed by atoms with Crippen LogP contribution in [0, 0.1) is 47.1 Å². The van der Waals surface area contributed by atoms with Crippen molar-refractivity contribution in [3.8, 4) is 29.9 Å². The van der Waals surface area contributed by atoms with Crippen LogP contribution >= 0.6 is 0 Å². The Hall–Kier alpha value is -3.38. The number of carbonyl (C=O) groups excluding carboxylic acids is 1. The number of hydrogen-bond donors (Lipinski definition) is 0. The summed E-state index contributed by atoms with van der Waals surface area (Å²) in [5, 5.41) is 9.40. The zero-order valence-corrected chi connectivity index (χ0v) is 15.5. The lowest BCUT2D eigenvalue weighted by molar-refractivity contribution is -0.153. The van der Waals surface area contributed by atoms with Crippen molar-refractivity contribution in [2.45, 2.75) is 26.4 Å². The number of nitrogens with zero attached hydrogens (tertiary/aromatic N) is 1. The number of nitriles is 1. The van der Waals surface area contributed by atoms with Gasteiger partial charge in [0.15, 0.2) is 0 Å². The minimum absolute atomic E-state index is 0.0964. The van der Waals surface area contributed by atoms with E-state index in [1.165, 1.54) is 36.4 Å². The summed E-state index contributed by atoms with van der Waals surface area (Å²) in [6, 6.07) is 10.8. The van der Waals surface area contributed by atoms with Crippen molar-refractivity contribution in [3.05, 3.63) is 59.7 Å². The molecule has 0 saturated carbocycles. The van der Waals surface area contributed by atoms with Gasteiger partial charge in [0.25, 0.3) is 0 Å². The van der Waals surface area contributed by atoms with Gasteiger partial charge in [-0.3, -0.25) is 4.79 Å². The van der Waals surface area contributed by atoms with Crippen molar-refractivity contribution in [1.82, 2.24) is 0 Å². The molecule has 0 spiro atoms. The first-order chi connectivity index (χ1) is 13.3. The quantitative estimate of drug-likeness (QED) is 0.489. The number of halogens is 2. The lowest BCUT2D eigenvalue weighted by Gasteiger charge is -2.20. The molecule has 6 heteroatoms. The van der Waals surface area contributed by atoms with Crippen molar-refractivity contribution >= 4 is 5.97 Å². The van der Waals surface area contributed by atoms with E-state index in [1.54, 1.807) is 6.07 Å². The average Bonchev–Trinajstić information content (AvgIpc) is 2.67. The van der Waals surface area contributed by atoms with Crippen LogP contribution in [-0.4, -0.2) is 5.97 Å². The van der Waals surface area contributed by atoms with Gasteiger partial charge in [-0.05, 0) is 48.4 Å². The van der Waals surface area contributed by atoms with E-state index in [9.17, 15) is 18.8 Å². The largest absolute Gasteiger partial charge is 0.457 e. The van der Waals surface area contributed by atoms with Crippen molar-refractivity contribution in [2.24, 2.45) is 11.8 Å². The lowest BCUT2D eigenvalue weighted by Crippen LogP contribution is -2.24. The number of esters is 1. The zero-order chi connectivity index (χ0) is 20.7. The fourth-order valence-corrected chi connectivity index (χ4v) is 2.51. The first kappa shape index (κ1) is 20.9. The Morgan fingerprint density at radius 1 is 1.14 bits per heavy atom. The van der Waals surface area contributed by atoms with E-state index in [0.717, 1.165) is 6.07 Å². The number of rotatable bonds is 7. The molecule has 0 bridgehead atoms. The highest BCUT2D eigenvalue weighted by Gasteiger charge is 2.28. The molecule has 144 valence electrons. The highest BCUT2D eigenvalue weighted by molar-refractivity contribution is 5.73. The molecule has 0 aliphatic heterocycles. The van der Waals surface area contributed by atoms with Crippen molar-refractivity contribution in [3.63, 3.8) is 0 Å². The monoisotopic (exact) mass is 383 g/mol. The van der Waals surface area contributed by atoms with Gasteiger partial charge in [0.2, 0.25) is 6.10 Å². The van der Waals surface area contributed by atoms with Crippen molar-refractivity contribution < 1.29 is 23.0 Å². The van der Waals surface area contributed by atoms with Gasteiger partial charge < -0.3 is 9.47 Å². The molecule has 0 aromatic heterocycles. The van der Waals surface area contributed by atoms with Gasteiger partial charge in [0.1, 0.15) is 29.2 Å². The van der Waals surface area contributed by atoms with Gasteiger partial charge in [0, 0.05) is 12.0 Å². The van der Waals surface area contributed by atoms with Gasteiger partial charge in [-0.15, -0.1) is 12.3 Å². The molecule has 2 aromatic carbocycles. The maximum atomic E-state index is 14.3. The molecule has 0 amide bonds. The lowest BCUT2D eigenvalue weighted by atomic mass is 9.93. The van der Waals surface area contributed by atoms with Crippen molar-refractivity contribution in [2.75, 3.05) is 0 Å². The second-order valence-electron chi connectivity index (χ2n) is 6.44. The number of terminal acetylenes is 1. The molecule has 0 aliphatic rings. The van der Waals surface area contributed by atoms with Gasteiger partial charge in [0.05, 0.1) is 5.92 Å². The van der Waals surface area contributed by atoms with Crippen LogP contribution in [-0.2, 0) is 9.53 Å². The number of ether oxygens (including phenoxy) is 2. The Kier molecular flexibility index (Phi) is 7.12. The smallest absolute Gasteiger partial charge is 0.311 e. The van der Waals surface area contributed by atoms with Crippen LogP contribution in [0.25, 0.3) is 0 Å². The molecule has 2 rings (SSSR count). The third kappa shape index (κ3) is 5.31. The first-order valence-electron chi connectivity index (χ1n) is 8.62. The van der Waals surface area contributed by atoms with Crippen molar-refractivity contribution in [1.29, 1.82) is 5.26 Å². The molecule has 0 heterocycles. The molecule has 28 heavy (non-hydrogen) atoms. The second kappa shape index (κ2) is 9.53. The number of benzene rings is 2. The second-order valence-corrected chi connectivity index (χ2v) is 6.44. The fraction of sp³-hybridized carbons (Fsp3) is 0.273. The summed E-state index contributed by atoms with van der Waals surface area (Å²) >= 11 is 0. The molecule has 0 N–H and O–H groups in total. The SMILES string of the molecule is C#CCC(C(=O)OC(C#N)c1cc(Oc2ccc(F)cc2)ccc1F)C(C)C. The molecule has 0 radical (unpaired) electrons. The Morgan fingerprint density at radius 3 is 2.36 bits per heavy atom. The van der Waals surface area contributed by atoms with E-state index < -0.39 is 29.6 Å². The Labute approximate surface area is 162 Å². The summed E-state index contributed by atoms with van der Waals surface area (Å²) in [6.45, 7) is 3.62. The minimum Gasteiger partial charge on any atom is -0.457 e. The molecular formula is C22H19F2NO3. The van der Waals surface area contributed by atoms with Gasteiger partial charge in [-0.1, -0.05) is 13.8 Å². The van der Waals surface area contributed by atoms with Crippen LogP contribution in [0.5, 0.6) is 11.5 Å². The maximum absolute atomic E-state index is 14.3. The molecule has 2 unspecified atom stereocenters. The van der Waals surface area contributed by atoms with E-state index in [-0.39, 0.29) is 23.7 Å². The van der Waals surface area contributed by atoms with E-state index >= 15 is 0 Å². The summed E-state index contributed by atoms with van der Waals surface area (Å²) in [7, 11) is 0. The van der Waals surface area contributed by atoms with Gasteiger partial charge in [-0.25, -0.2) is 8.78 Å². The molecular weight excluding hydrogens is 364 g/mol. The van der Waals surface area contributed by atoms with E-state index in [2.05, 4.69) is 5.92 Å². The molecule has 2 aromatic rings. The van der Waals surface area contributed by atoms with Gasteiger partial charge in [-0.2, -0.15) is 5.26 Å². The summed E-state index contributed by atoms with van der Waals surface area (Å²) in [4.78, 5) is 12.4. The highest BCUT2D eigenvalue weighted by Crippen LogP contribution is 2.29. The fourth-order valence-electron chi connectivity index (χ4n) is 2.51. The van der Waals surface area contributed by atoms with Crippen LogP contribution in [0.3, 0.4) is 0 Å². The van der Waals surface area contributed by atoms with Crippen LogP contribution in [0.4, 0.5) is 8.78 Å². The van der Waals surface area contributed by atoms with Crippen LogP contribution in [0.1, 0.15) is 31.9 Å². The van der Waals surface area contributed by atoms with E-state index in [1.807, 2.05) is 13.8 Å². The Morgan fingerprint density at radius 2 is 1.79 bits per heavy atom. The molecule has 0 saturated heterocycles. The molecule has 4 nitrogen and oxygen atoms in total. The molecule has 0 fully saturated rings. The summed E-state index contributed by atoms with van der Waals surface area (Å²) < 4.78 is 38.0. The van der Waals surface area contributed by atoms with Crippen LogP contribution in [0.2, 0.25) is 0 Å². The predicted molar refractivity (Wildman–Crippen MR) is 99.1 cm³/mol. The van der Waals surface area contributed by atoms with E-state index in [4.69, 9.17) is 15.9 Å². The average molecular weight is 383 g/mol. The van der Waals surface area contributed by atoms with Crippen LogP contribution < -0.4 is 4.74 Å². The summed E-state index contributed by atoms with van der Waals surface area (Å²) in [5.74, 6) is 0.457. The predicted octanol–water partition coefficient (Wildman–Crippen LogP) is 5.16. The Bertz CT molecular complexity index is 911. The third-order valence-corrected chi connectivity index (χ3v) is 4.10. The molecule has 0 aliphatic carbocycles. The van der Waals surface area contributed by atoms with E-state index in [0.29, 0.717) is 5.75 Å². The van der Waals surface area contributed by atoms with Gasteiger partial charge >= 0.3 is 5.97 Å². The number of hydrogen-bond acceptors (Lipinski definition) is 4. The maximum Gasteiger partial charge on any atom is 0.311 e. The Balaban J connectivity index is 2.23. The summed E-state index contributed by atoms with van der Waals surface area (Å²) in [5.41, 5.74) is -0.140. The topological polar surface area (TPSA) is 59.3 Å². The summed E-state index contributed by atoms with van der Waals surface area (Å²) in [6.07, 6.45) is 3.99. The standard InChI is InChI=1S/C22H19F2NO3/c1-4-5-18(14(2)3)22(26)28-21(13-25)19-12-17(10-11-20(19)24)27-16-8-6-15(23)7-9-16/h1,6-12,14,18,21H,5H2,2-3H3. The normalized spacial score (nSPS) is 12.5. The third-order valence-electron chi connectivity index (χ3n) is 4.10.